The van der Waals surface area contributed by atoms with Gasteiger partial charge in [0.15, 0.2) is 5.92 Å². The van der Waals surface area contributed by atoms with E-state index in [0.717, 1.165) is 51.4 Å². The SMILES string of the molecule is O=C(OC1CCCCC1)C(C(=O)OC1CCCCC1)c1ccccc1. The highest BCUT2D eigenvalue weighted by Gasteiger charge is 2.35. The minimum Gasteiger partial charge on any atom is -0.461 e. The van der Waals surface area contributed by atoms with Crippen LogP contribution in [0.25, 0.3) is 0 Å². The number of rotatable bonds is 5. The molecule has 1 aromatic rings. The zero-order valence-corrected chi connectivity index (χ0v) is 14.8. The number of esters is 2. The summed E-state index contributed by atoms with van der Waals surface area (Å²) in [7, 11) is 0. The van der Waals surface area contributed by atoms with Crippen LogP contribution in [0, 0.1) is 0 Å². The Balaban J connectivity index is 1.69. The number of ether oxygens (including phenoxy) is 2. The maximum absolute atomic E-state index is 12.8. The summed E-state index contributed by atoms with van der Waals surface area (Å²) >= 11 is 0. The molecule has 0 bridgehead atoms. The quantitative estimate of drug-likeness (QED) is 0.582. The summed E-state index contributed by atoms with van der Waals surface area (Å²) in [5.74, 6) is -1.89. The van der Waals surface area contributed by atoms with E-state index in [2.05, 4.69) is 0 Å². The molecule has 0 atom stereocenters. The van der Waals surface area contributed by atoms with Crippen LogP contribution in [0.1, 0.15) is 75.7 Å². The van der Waals surface area contributed by atoms with Crippen LogP contribution in [0.3, 0.4) is 0 Å². The van der Waals surface area contributed by atoms with E-state index in [-0.39, 0.29) is 12.2 Å². The Morgan fingerprint density at radius 2 is 1.16 bits per heavy atom. The zero-order valence-electron chi connectivity index (χ0n) is 14.8. The second-order valence-electron chi connectivity index (χ2n) is 7.24. The number of hydrogen-bond donors (Lipinski definition) is 0. The summed E-state index contributed by atoms with van der Waals surface area (Å²) in [4.78, 5) is 25.5. The van der Waals surface area contributed by atoms with Gasteiger partial charge in [-0.05, 0) is 56.9 Å². The average molecular weight is 344 g/mol. The molecule has 0 aliphatic heterocycles. The fraction of sp³-hybridized carbons (Fsp3) is 0.619. The summed E-state index contributed by atoms with van der Waals surface area (Å²) < 4.78 is 11.4. The van der Waals surface area contributed by atoms with Crippen molar-refractivity contribution in [3.05, 3.63) is 35.9 Å². The molecule has 4 heteroatoms. The Bertz CT molecular complexity index is 525. The molecule has 0 N–H and O–H groups in total. The number of hydrogen-bond acceptors (Lipinski definition) is 4. The number of benzene rings is 1. The van der Waals surface area contributed by atoms with Gasteiger partial charge < -0.3 is 9.47 Å². The highest BCUT2D eigenvalue weighted by molar-refractivity contribution is 6.01. The lowest BCUT2D eigenvalue weighted by Gasteiger charge is -2.26. The van der Waals surface area contributed by atoms with Gasteiger partial charge in [0.05, 0.1) is 0 Å². The standard InChI is InChI=1S/C21H28O4/c22-20(24-17-12-6-2-7-13-17)19(16-10-4-1-5-11-16)21(23)25-18-14-8-3-9-15-18/h1,4-5,10-11,17-19H,2-3,6-9,12-15H2. The number of carbonyl (C=O) groups excluding carboxylic acids is 2. The third-order valence-corrected chi connectivity index (χ3v) is 5.27. The van der Waals surface area contributed by atoms with Crippen molar-refractivity contribution in [1.29, 1.82) is 0 Å². The van der Waals surface area contributed by atoms with Crippen LogP contribution in [-0.4, -0.2) is 24.1 Å². The summed E-state index contributed by atoms with van der Waals surface area (Å²) in [5.41, 5.74) is 0.657. The second kappa shape index (κ2) is 9.02. The lowest BCUT2D eigenvalue weighted by atomic mass is 9.95. The molecule has 0 heterocycles. The van der Waals surface area contributed by atoms with Crippen molar-refractivity contribution in [1.82, 2.24) is 0 Å². The Kier molecular flexibility index (Phi) is 6.48. The molecule has 25 heavy (non-hydrogen) atoms. The molecular weight excluding hydrogens is 316 g/mol. The topological polar surface area (TPSA) is 52.6 Å². The van der Waals surface area contributed by atoms with Crippen molar-refractivity contribution in [2.24, 2.45) is 0 Å². The van der Waals surface area contributed by atoms with Crippen molar-refractivity contribution in [2.75, 3.05) is 0 Å². The van der Waals surface area contributed by atoms with Gasteiger partial charge in [-0.2, -0.15) is 0 Å². The first-order chi connectivity index (χ1) is 12.2. The van der Waals surface area contributed by atoms with E-state index in [1.807, 2.05) is 18.2 Å². The van der Waals surface area contributed by atoms with E-state index in [9.17, 15) is 9.59 Å². The minimum atomic E-state index is -0.968. The van der Waals surface area contributed by atoms with Gasteiger partial charge in [0.2, 0.25) is 0 Å². The van der Waals surface area contributed by atoms with Crippen LogP contribution in [0.15, 0.2) is 30.3 Å². The van der Waals surface area contributed by atoms with Crippen LogP contribution >= 0.6 is 0 Å². The van der Waals surface area contributed by atoms with E-state index in [4.69, 9.17) is 9.47 Å². The van der Waals surface area contributed by atoms with Gasteiger partial charge in [0.25, 0.3) is 0 Å². The molecule has 0 radical (unpaired) electrons. The molecule has 136 valence electrons. The molecule has 2 aliphatic rings. The van der Waals surface area contributed by atoms with Gasteiger partial charge in [0.1, 0.15) is 12.2 Å². The third-order valence-electron chi connectivity index (χ3n) is 5.27. The third kappa shape index (κ3) is 5.07. The predicted molar refractivity (Wildman–Crippen MR) is 95.1 cm³/mol. The summed E-state index contributed by atoms with van der Waals surface area (Å²) in [6.45, 7) is 0. The summed E-state index contributed by atoms with van der Waals surface area (Å²) in [6, 6.07) is 9.15. The second-order valence-corrected chi connectivity index (χ2v) is 7.24. The van der Waals surface area contributed by atoms with Gasteiger partial charge in [-0.3, -0.25) is 9.59 Å². The normalized spacial score (nSPS) is 19.6. The molecule has 0 saturated heterocycles. The summed E-state index contributed by atoms with van der Waals surface area (Å²) in [5, 5.41) is 0. The Hall–Kier alpha value is -1.84. The predicted octanol–water partition coefficient (Wildman–Crippen LogP) is 4.52. The first-order valence-corrected chi connectivity index (χ1v) is 9.70. The highest BCUT2D eigenvalue weighted by atomic mass is 16.6. The highest BCUT2D eigenvalue weighted by Crippen LogP contribution is 2.27. The zero-order chi connectivity index (χ0) is 17.5. The van der Waals surface area contributed by atoms with Crippen LogP contribution < -0.4 is 0 Å². The lowest BCUT2D eigenvalue weighted by Crippen LogP contribution is -2.32. The van der Waals surface area contributed by atoms with Gasteiger partial charge in [-0.25, -0.2) is 0 Å². The molecule has 0 aromatic heterocycles. The van der Waals surface area contributed by atoms with Crippen LogP contribution in [-0.2, 0) is 19.1 Å². The monoisotopic (exact) mass is 344 g/mol. The van der Waals surface area contributed by atoms with Crippen LogP contribution in [0.4, 0.5) is 0 Å². The molecule has 3 rings (SSSR count). The molecule has 2 fully saturated rings. The van der Waals surface area contributed by atoms with Gasteiger partial charge in [-0.15, -0.1) is 0 Å². The molecule has 0 spiro atoms. The van der Waals surface area contributed by atoms with Crippen molar-refractivity contribution in [2.45, 2.75) is 82.3 Å². The molecule has 0 unspecified atom stereocenters. The molecule has 2 aliphatic carbocycles. The molecule has 4 nitrogen and oxygen atoms in total. The fourth-order valence-electron chi connectivity index (χ4n) is 3.84. The maximum atomic E-state index is 12.8. The summed E-state index contributed by atoms with van der Waals surface area (Å²) in [6.07, 6.45) is 10.2. The van der Waals surface area contributed by atoms with Gasteiger partial charge >= 0.3 is 11.9 Å². The maximum Gasteiger partial charge on any atom is 0.325 e. The molecule has 1 aromatic carbocycles. The van der Waals surface area contributed by atoms with E-state index in [1.165, 1.54) is 12.8 Å². The lowest BCUT2D eigenvalue weighted by molar-refractivity contribution is -0.165. The molecule has 2 saturated carbocycles. The van der Waals surface area contributed by atoms with Crippen molar-refractivity contribution in [3.63, 3.8) is 0 Å². The van der Waals surface area contributed by atoms with E-state index >= 15 is 0 Å². The van der Waals surface area contributed by atoms with Gasteiger partial charge in [-0.1, -0.05) is 43.2 Å². The number of carbonyl (C=O) groups is 2. The van der Waals surface area contributed by atoms with Crippen molar-refractivity contribution in [3.8, 4) is 0 Å². The fourth-order valence-corrected chi connectivity index (χ4v) is 3.84. The first-order valence-electron chi connectivity index (χ1n) is 9.70. The van der Waals surface area contributed by atoms with E-state index in [1.54, 1.807) is 12.1 Å². The van der Waals surface area contributed by atoms with Crippen molar-refractivity contribution < 1.29 is 19.1 Å². The largest absolute Gasteiger partial charge is 0.461 e. The average Bonchev–Trinajstić information content (AvgIpc) is 2.64. The van der Waals surface area contributed by atoms with Crippen LogP contribution in [0.2, 0.25) is 0 Å². The Morgan fingerprint density at radius 1 is 0.720 bits per heavy atom. The smallest absolute Gasteiger partial charge is 0.325 e. The van der Waals surface area contributed by atoms with Gasteiger partial charge in [0, 0.05) is 0 Å². The van der Waals surface area contributed by atoms with E-state index < -0.39 is 17.9 Å². The first kappa shape index (κ1) is 18.0. The Labute approximate surface area is 149 Å². The van der Waals surface area contributed by atoms with Crippen molar-refractivity contribution >= 4 is 11.9 Å². The van der Waals surface area contributed by atoms with Crippen LogP contribution in [0.5, 0.6) is 0 Å². The minimum absolute atomic E-state index is 0.0602. The molecule has 0 amide bonds. The van der Waals surface area contributed by atoms with E-state index in [0.29, 0.717) is 5.56 Å². The Morgan fingerprint density at radius 3 is 1.60 bits per heavy atom. The molecular formula is C21H28O4.